The van der Waals surface area contributed by atoms with E-state index >= 15 is 0 Å². The van der Waals surface area contributed by atoms with Crippen LogP contribution in [0.15, 0.2) is 30.3 Å². The van der Waals surface area contributed by atoms with Crippen LogP contribution in [0, 0.1) is 0 Å². The molecule has 3 nitrogen and oxygen atoms in total. The topological polar surface area (TPSA) is 29.5 Å². The zero-order chi connectivity index (χ0) is 10.5. The van der Waals surface area contributed by atoms with Gasteiger partial charge in [0.2, 0.25) is 5.91 Å². The number of aryl methyl sites for hydroxylation is 1. The van der Waals surface area contributed by atoms with Gasteiger partial charge in [0.25, 0.3) is 0 Å². The van der Waals surface area contributed by atoms with Crippen LogP contribution in [0.1, 0.15) is 12.0 Å². The van der Waals surface area contributed by atoms with Crippen LogP contribution in [0.3, 0.4) is 0 Å². The SMILES string of the molecule is O=C(CCc1ccccc1)N1CCOC1. The van der Waals surface area contributed by atoms with Crippen molar-refractivity contribution in [1.29, 1.82) is 0 Å². The predicted molar refractivity (Wildman–Crippen MR) is 57.3 cm³/mol. The third kappa shape index (κ3) is 2.80. The van der Waals surface area contributed by atoms with Crippen LogP contribution in [0.25, 0.3) is 0 Å². The number of hydrogen-bond acceptors (Lipinski definition) is 2. The Hall–Kier alpha value is -1.35. The van der Waals surface area contributed by atoms with E-state index in [1.54, 1.807) is 4.90 Å². The highest BCUT2D eigenvalue weighted by Gasteiger charge is 2.17. The van der Waals surface area contributed by atoms with Gasteiger partial charge in [-0.3, -0.25) is 4.79 Å². The molecule has 0 aromatic heterocycles. The molecule has 80 valence electrons. The molecule has 1 amide bonds. The Morgan fingerprint density at radius 3 is 2.80 bits per heavy atom. The first-order valence-electron chi connectivity index (χ1n) is 5.26. The van der Waals surface area contributed by atoms with Gasteiger partial charge in [-0.1, -0.05) is 30.3 Å². The molecule has 1 aromatic carbocycles. The quantitative estimate of drug-likeness (QED) is 0.747. The van der Waals surface area contributed by atoms with E-state index in [2.05, 4.69) is 0 Å². The van der Waals surface area contributed by atoms with Crippen molar-refractivity contribution >= 4 is 5.91 Å². The van der Waals surface area contributed by atoms with Gasteiger partial charge in [0.1, 0.15) is 6.73 Å². The summed E-state index contributed by atoms with van der Waals surface area (Å²) in [5.74, 6) is 0.191. The van der Waals surface area contributed by atoms with Crippen molar-refractivity contribution in [2.24, 2.45) is 0 Å². The summed E-state index contributed by atoms with van der Waals surface area (Å²) in [6.45, 7) is 1.89. The molecule has 1 aliphatic heterocycles. The molecule has 0 N–H and O–H groups in total. The van der Waals surface area contributed by atoms with E-state index in [1.165, 1.54) is 5.56 Å². The third-order valence-electron chi connectivity index (χ3n) is 2.58. The lowest BCUT2D eigenvalue weighted by Gasteiger charge is -2.12. The molecule has 2 rings (SSSR count). The van der Waals surface area contributed by atoms with Crippen LogP contribution < -0.4 is 0 Å². The van der Waals surface area contributed by atoms with Crippen molar-refractivity contribution in [3.8, 4) is 0 Å². The first kappa shape index (κ1) is 10.2. The van der Waals surface area contributed by atoms with E-state index in [9.17, 15) is 4.79 Å². The van der Waals surface area contributed by atoms with Crippen LogP contribution >= 0.6 is 0 Å². The molecule has 1 aromatic rings. The summed E-state index contributed by atoms with van der Waals surface area (Å²) in [6.07, 6.45) is 1.39. The standard InChI is InChI=1S/C12H15NO2/c14-12(13-8-9-15-10-13)7-6-11-4-2-1-3-5-11/h1-5H,6-10H2. The minimum atomic E-state index is 0.191. The fourth-order valence-electron chi connectivity index (χ4n) is 1.66. The maximum Gasteiger partial charge on any atom is 0.224 e. The van der Waals surface area contributed by atoms with Gasteiger partial charge < -0.3 is 9.64 Å². The monoisotopic (exact) mass is 205 g/mol. The molecule has 0 radical (unpaired) electrons. The average molecular weight is 205 g/mol. The van der Waals surface area contributed by atoms with Crippen molar-refractivity contribution in [1.82, 2.24) is 4.90 Å². The summed E-state index contributed by atoms with van der Waals surface area (Å²) in [5, 5.41) is 0. The fourth-order valence-corrected chi connectivity index (χ4v) is 1.66. The van der Waals surface area contributed by atoms with Crippen molar-refractivity contribution in [2.45, 2.75) is 12.8 Å². The average Bonchev–Trinajstić information content (AvgIpc) is 2.81. The number of nitrogens with zero attached hydrogens (tertiary/aromatic N) is 1. The van der Waals surface area contributed by atoms with Gasteiger partial charge in [-0.2, -0.15) is 0 Å². The minimum Gasteiger partial charge on any atom is -0.359 e. The Morgan fingerprint density at radius 1 is 1.33 bits per heavy atom. The maximum atomic E-state index is 11.7. The van der Waals surface area contributed by atoms with E-state index in [0.29, 0.717) is 19.8 Å². The Bertz CT molecular complexity index is 318. The van der Waals surface area contributed by atoms with Crippen LogP contribution in [0.5, 0.6) is 0 Å². The Morgan fingerprint density at radius 2 is 2.13 bits per heavy atom. The predicted octanol–water partition coefficient (Wildman–Crippen LogP) is 1.44. The summed E-state index contributed by atoms with van der Waals surface area (Å²) < 4.78 is 5.14. The molecule has 1 saturated heterocycles. The highest BCUT2D eigenvalue weighted by atomic mass is 16.5. The summed E-state index contributed by atoms with van der Waals surface area (Å²) >= 11 is 0. The zero-order valence-corrected chi connectivity index (χ0v) is 8.69. The van der Waals surface area contributed by atoms with Gasteiger partial charge in [-0.15, -0.1) is 0 Å². The number of rotatable bonds is 3. The van der Waals surface area contributed by atoms with Crippen molar-refractivity contribution < 1.29 is 9.53 Å². The van der Waals surface area contributed by atoms with Crippen LogP contribution in [0.4, 0.5) is 0 Å². The molecule has 0 aliphatic carbocycles. The molecule has 1 aliphatic rings. The number of amides is 1. The second-order valence-electron chi connectivity index (χ2n) is 3.68. The molecule has 0 atom stereocenters. The largest absolute Gasteiger partial charge is 0.359 e. The lowest BCUT2D eigenvalue weighted by atomic mass is 10.1. The second kappa shape index (κ2) is 4.94. The Balaban J connectivity index is 1.80. The lowest BCUT2D eigenvalue weighted by molar-refractivity contribution is -0.131. The van der Waals surface area contributed by atoms with E-state index < -0.39 is 0 Å². The number of ether oxygens (including phenoxy) is 1. The molecule has 1 fully saturated rings. The first-order chi connectivity index (χ1) is 7.36. The third-order valence-corrected chi connectivity index (χ3v) is 2.58. The highest BCUT2D eigenvalue weighted by Crippen LogP contribution is 2.07. The van der Waals surface area contributed by atoms with Crippen LogP contribution in [0.2, 0.25) is 0 Å². The molecular weight excluding hydrogens is 190 g/mol. The number of carbonyl (C=O) groups excluding carboxylic acids is 1. The zero-order valence-electron chi connectivity index (χ0n) is 8.69. The molecule has 15 heavy (non-hydrogen) atoms. The molecule has 0 saturated carbocycles. The molecular formula is C12H15NO2. The minimum absolute atomic E-state index is 0.191. The van der Waals surface area contributed by atoms with E-state index in [0.717, 1.165) is 13.0 Å². The van der Waals surface area contributed by atoms with Gasteiger partial charge in [-0.25, -0.2) is 0 Å². The molecule has 0 spiro atoms. The van der Waals surface area contributed by atoms with Gasteiger partial charge >= 0.3 is 0 Å². The van der Waals surface area contributed by atoms with Crippen molar-refractivity contribution in [3.63, 3.8) is 0 Å². The van der Waals surface area contributed by atoms with Gasteiger partial charge in [0.15, 0.2) is 0 Å². The maximum absolute atomic E-state index is 11.7. The lowest BCUT2D eigenvalue weighted by Crippen LogP contribution is -2.28. The van der Waals surface area contributed by atoms with Gasteiger partial charge in [0, 0.05) is 13.0 Å². The summed E-state index contributed by atoms with van der Waals surface area (Å²) in [7, 11) is 0. The normalized spacial score (nSPS) is 15.6. The van der Waals surface area contributed by atoms with Gasteiger partial charge in [-0.05, 0) is 12.0 Å². The molecule has 0 unspecified atom stereocenters. The van der Waals surface area contributed by atoms with Crippen LogP contribution in [-0.4, -0.2) is 30.7 Å². The Kier molecular flexibility index (Phi) is 3.35. The first-order valence-corrected chi connectivity index (χ1v) is 5.26. The molecule has 1 heterocycles. The highest BCUT2D eigenvalue weighted by molar-refractivity contribution is 5.76. The fraction of sp³-hybridized carbons (Fsp3) is 0.417. The molecule has 0 bridgehead atoms. The van der Waals surface area contributed by atoms with Gasteiger partial charge in [0.05, 0.1) is 6.61 Å². The summed E-state index contributed by atoms with van der Waals surface area (Å²) in [6, 6.07) is 10.1. The second-order valence-corrected chi connectivity index (χ2v) is 3.68. The van der Waals surface area contributed by atoms with E-state index in [4.69, 9.17) is 4.74 Å². The van der Waals surface area contributed by atoms with Crippen molar-refractivity contribution in [2.75, 3.05) is 19.9 Å². The summed E-state index contributed by atoms with van der Waals surface area (Å²) in [5.41, 5.74) is 1.21. The molecule has 3 heteroatoms. The van der Waals surface area contributed by atoms with Crippen LogP contribution in [-0.2, 0) is 16.0 Å². The smallest absolute Gasteiger partial charge is 0.224 e. The van der Waals surface area contributed by atoms with E-state index in [-0.39, 0.29) is 5.91 Å². The number of carbonyl (C=O) groups is 1. The summed E-state index contributed by atoms with van der Waals surface area (Å²) in [4.78, 5) is 13.4. The number of benzene rings is 1. The Labute approximate surface area is 89.7 Å². The number of hydrogen-bond donors (Lipinski definition) is 0. The van der Waals surface area contributed by atoms with E-state index in [1.807, 2.05) is 30.3 Å². The van der Waals surface area contributed by atoms with Crippen molar-refractivity contribution in [3.05, 3.63) is 35.9 Å².